The van der Waals surface area contributed by atoms with E-state index in [1.807, 2.05) is 47.6 Å². The third-order valence-electron chi connectivity index (χ3n) is 13.1. The smallest absolute Gasteiger partial charge is 0.306 e. The summed E-state index contributed by atoms with van der Waals surface area (Å²) in [5.74, 6) is -5.70. The number of carbonyl (C=O) groups is 4. The summed E-state index contributed by atoms with van der Waals surface area (Å²) in [5.41, 5.74) is -4.55. The van der Waals surface area contributed by atoms with Gasteiger partial charge in [-0.05, 0) is 50.7 Å². The van der Waals surface area contributed by atoms with Gasteiger partial charge in [-0.25, -0.2) is 0 Å². The summed E-state index contributed by atoms with van der Waals surface area (Å²) in [5, 5.41) is 12.5. The maximum absolute atomic E-state index is 13.8. The monoisotopic (exact) mass is 642 g/mol. The molecule has 11 nitrogen and oxygen atoms in total. The van der Waals surface area contributed by atoms with Crippen molar-refractivity contribution in [2.75, 3.05) is 0 Å². The summed E-state index contributed by atoms with van der Waals surface area (Å²) in [6.07, 6.45) is 1.37. The molecule has 46 heavy (non-hydrogen) atoms. The molecule has 7 rings (SSSR count). The Morgan fingerprint density at radius 2 is 1.72 bits per heavy atom. The zero-order valence-corrected chi connectivity index (χ0v) is 27.9. The van der Waals surface area contributed by atoms with Crippen LogP contribution in [-0.4, -0.2) is 70.2 Å². The summed E-state index contributed by atoms with van der Waals surface area (Å²) in [6, 6.07) is 1.88. The number of fused-ring (bicyclic) bond motifs is 1. The third-order valence-corrected chi connectivity index (χ3v) is 13.1. The lowest BCUT2D eigenvalue weighted by molar-refractivity contribution is -0.321. The Morgan fingerprint density at radius 1 is 1.02 bits per heavy atom. The number of ketones is 1. The van der Waals surface area contributed by atoms with E-state index in [0.717, 1.165) is 5.56 Å². The largest absolute Gasteiger partial charge is 0.472 e. The van der Waals surface area contributed by atoms with Gasteiger partial charge in [0.25, 0.3) is 0 Å². The van der Waals surface area contributed by atoms with Gasteiger partial charge in [0.1, 0.15) is 23.9 Å². The van der Waals surface area contributed by atoms with Gasteiger partial charge in [-0.3, -0.25) is 19.2 Å². The van der Waals surface area contributed by atoms with Crippen LogP contribution in [0, 0.1) is 34.0 Å². The minimum absolute atomic E-state index is 0.0497. The highest BCUT2D eigenvalue weighted by molar-refractivity contribution is 5.90. The van der Waals surface area contributed by atoms with Crippen molar-refractivity contribution in [1.29, 1.82) is 0 Å². The van der Waals surface area contributed by atoms with E-state index in [-0.39, 0.29) is 43.2 Å². The lowest BCUT2D eigenvalue weighted by Gasteiger charge is -2.68. The molecule has 0 bridgehead atoms. The van der Waals surface area contributed by atoms with Crippen molar-refractivity contribution >= 4 is 23.7 Å². The second-order valence-electron chi connectivity index (χ2n) is 16.0. The Kier molecular flexibility index (Phi) is 6.68. The molecule has 1 aromatic rings. The molecule has 3 heterocycles. The molecule has 1 aromatic heterocycles. The van der Waals surface area contributed by atoms with E-state index < -0.39 is 81.1 Å². The van der Waals surface area contributed by atoms with Crippen molar-refractivity contribution < 1.29 is 52.4 Å². The van der Waals surface area contributed by atoms with Crippen LogP contribution in [0.25, 0.3) is 0 Å². The third kappa shape index (κ3) is 3.60. The minimum atomic E-state index is -2.20. The highest BCUT2D eigenvalue weighted by Gasteiger charge is 2.95. The van der Waals surface area contributed by atoms with Crippen LogP contribution in [0.4, 0.5) is 0 Å². The molecule has 2 aliphatic heterocycles. The molecule has 4 aliphatic carbocycles. The van der Waals surface area contributed by atoms with Crippen LogP contribution in [0.3, 0.4) is 0 Å². The first kappa shape index (κ1) is 31.8. The summed E-state index contributed by atoms with van der Waals surface area (Å²) < 4.78 is 37.9. The second-order valence-corrected chi connectivity index (χ2v) is 16.0. The lowest BCUT2D eigenvalue weighted by Crippen LogP contribution is -2.79. The van der Waals surface area contributed by atoms with E-state index in [1.165, 1.54) is 13.8 Å². The normalized spacial score (nSPS) is 47.7. The van der Waals surface area contributed by atoms with Gasteiger partial charge in [0.05, 0.1) is 24.2 Å². The van der Waals surface area contributed by atoms with Gasteiger partial charge in [0.15, 0.2) is 5.78 Å². The number of furan rings is 1. The molecule has 12 atom stereocenters. The Labute approximate surface area is 269 Å². The molecule has 0 amide bonds. The van der Waals surface area contributed by atoms with Crippen LogP contribution in [-0.2, 0) is 42.9 Å². The zero-order chi connectivity index (χ0) is 33.4. The van der Waals surface area contributed by atoms with Crippen LogP contribution in [0.5, 0.6) is 0 Å². The van der Waals surface area contributed by atoms with Crippen LogP contribution in [0.1, 0.15) is 99.0 Å². The van der Waals surface area contributed by atoms with Gasteiger partial charge in [0.2, 0.25) is 5.79 Å². The highest BCUT2D eigenvalue weighted by atomic mass is 16.7. The van der Waals surface area contributed by atoms with E-state index in [1.54, 1.807) is 12.5 Å². The maximum atomic E-state index is 13.8. The van der Waals surface area contributed by atoms with Crippen molar-refractivity contribution in [2.24, 2.45) is 34.0 Å². The van der Waals surface area contributed by atoms with Gasteiger partial charge in [-0.15, -0.1) is 0 Å². The van der Waals surface area contributed by atoms with Crippen molar-refractivity contribution in [2.45, 2.75) is 135 Å². The molecule has 0 radical (unpaired) electrons. The molecule has 252 valence electrons. The Balaban J connectivity index is 1.53. The Bertz CT molecular complexity index is 1480. The molecule has 4 saturated carbocycles. The quantitative estimate of drug-likeness (QED) is 0.270. The fourth-order valence-electron chi connectivity index (χ4n) is 11.9. The predicted molar refractivity (Wildman–Crippen MR) is 159 cm³/mol. The topological polar surface area (TPSA) is 151 Å². The summed E-state index contributed by atoms with van der Waals surface area (Å²) >= 11 is 0. The first-order chi connectivity index (χ1) is 21.4. The highest BCUT2D eigenvalue weighted by Crippen LogP contribution is 2.85. The van der Waals surface area contributed by atoms with Crippen molar-refractivity contribution in [3.05, 3.63) is 24.2 Å². The second kappa shape index (κ2) is 9.66. The summed E-state index contributed by atoms with van der Waals surface area (Å²) in [4.78, 5) is 53.4. The first-order valence-corrected chi connectivity index (χ1v) is 16.6. The summed E-state index contributed by atoms with van der Waals surface area (Å²) in [7, 11) is 0. The number of hydrogen-bond donors (Lipinski definition) is 1. The van der Waals surface area contributed by atoms with E-state index >= 15 is 0 Å². The van der Waals surface area contributed by atoms with Crippen LogP contribution < -0.4 is 0 Å². The Hall–Kier alpha value is -2.76. The molecular weight excluding hydrogens is 596 g/mol. The zero-order valence-electron chi connectivity index (χ0n) is 27.9. The van der Waals surface area contributed by atoms with Gasteiger partial charge in [-0.2, -0.15) is 0 Å². The number of hydrogen-bond acceptors (Lipinski definition) is 11. The van der Waals surface area contributed by atoms with E-state index in [9.17, 15) is 24.3 Å². The van der Waals surface area contributed by atoms with Gasteiger partial charge in [-0.1, -0.05) is 27.7 Å². The number of rotatable bonds is 6. The van der Waals surface area contributed by atoms with E-state index in [0.29, 0.717) is 12.8 Å². The molecule has 1 unspecified atom stereocenters. The van der Waals surface area contributed by atoms with Crippen molar-refractivity contribution in [3.8, 4) is 0 Å². The molecule has 6 aliphatic rings. The molecule has 2 spiro atoms. The maximum Gasteiger partial charge on any atom is 0.306 e. The molecular formula is C35H46O11. The number of aliphatic hydroxyl groups is 1. The number of carbonyl (C=O) groups excluding carboxylic acids is 4. The fourth-order valence-corrected chi connectivity index (χ4v) is 11.9. The average molecular weight is 643 g/mol. The van der Waals surface area contributed by atoms with E-state index in [4.69, 9.17) is 28.1 Å². The molecule has 2 saturated heterocycles. The molecule has 6 fully saturated rings. The number of ether oxygens (including phenoxy) is 5. The van der Waals surface area contributed by atoms with Crippen molar-refractivity contribution in [3.63, 3.8) is 0 Å². The predicted octanol–water partition coefficient (Wildman–Crippen LogP) is 4.23. The molecule has 0 aromatic carbocycles. The van der Waals surface area contributed by atoms with E-state index in [2.05, 4.69) is 0 Å². The van der Waals surface area contributed by atoms with Gasteiger partial charge < -0.3 is 33.2 Å². The lowest BCUT2D eigenvalue weighted by atomic mass is 9.36. The molecule has 11 heteroatoms. The van der Waals surface area contributed by atoms with Crippen LogP contribution in [0.15, 0.2) is 23.0 Å². The van der Waals surface area contributed by atoms with Crippen molar-refractivity contribution in [1.82, 2.24) is 0 Å². The first-order valence-electron chi connectivity index (χ1n) is 16.6. The SMILES string of the molecule is CC(=O)O[C@@H]1C2[C@@](C)([C@H](OC(=O)CC(C)C)C[C@H]3C(C)(C)O[C@]4(O)C(=O)CC[C@]234)[C@@]23O[C@@H]2C[C@@H](c2ccoc2)[C@]3(C)[C@H]1OC(C)=O. The average Bonchev–Trinajstić information content (AvgIpc) is 3.14. The molecule has 1 N–H and O–H groups in total. The summed E-state index contributed by atoms with van der Waals surface area (Å²) in [6.45, 7) is 14.2. The minimum Gasteiger partial charge on any atom is -0.472 e. The van der Waals surface area contributed by atoms with Crippen LogP contribution >= 0.6 is 0 Å². The Morgan fingerprint density at radius 3 is 2.33 bits per heavy atom. The van der Waals surface area contributed by atoms with Crippen LogP contribution in [0.2, 0.25) is 0 Å². The van der Waals surface area contributed by atoms with Gasteiger partial charge in [0, 0.05) is 60.7 Å². The fraction of sp³-hybridized carbons (Fsp3) is 0.771. The number of epoxide rings is 1. The van der Waals surface area contributed by atoms with Gasteiger partial charge >= 0.3 is 17.9 Å². The number of esters is 3. The standard InChI is InChI=1S/C35H46O11/c1-17(2)13-26(39)44-24-15-22-30(5,6)46-35(40)23(38)9-11-33(22,35)28-27(42-18(3)36)29(43-19(4)37)31(7)21(20-10-12-41-16-20)14-25-34(31,45-25)32(24,28)8/h10,12,16-17,21-22,24-25,27-29,40H,9,11,13-15H2,1-8H3/t21-,22-,24+,25+,27+,28?,29-,31+,32+,33+,34+,35+/m0/s1. The number of Topliss-reactive ketones (excluding diaryl/α,β-unsaturated/α-hetero) is 1.